The van der Waals surface area contributed by atoms with Crippen molar-refractivity contribution < 1.29 is 19.1 Å². The molecule has 0 radical (unpaired) electrons. The molecule has 0 atom stereocenters. The third-order valence-electron chi connectivity index (χ3n) is 3.82. The van der Waals surface area contributed by atoms with Crippen molar-refractivity contribution in [2.45, 2.75) is 32.6 Å². The fraction of sp³-hybridized carbons (Fsp3) is 0.333. The molecule has 2 aromatic rings. The van der Waals surface area contributed by atoms with E-state index in [4.69, 9.17) is 9.47 Å². The average molecular weight is 434 g/mol. The van der Waals surface area contributed by atoms with Gasteiger partial charge in [-0.25, -0.2) is 4.79 Å². The second-order valence-corrected chi connectivity index (χ2v) is 6.98. The molecule has 0 heterocycles. The van der Waals surface area contributed by atoms with E-state index in [9.17, 15) is 9.59 Å². The van der Waals surface area contributed by atoms with Gasteiger partial charge in [-0.1, -0.05) is 42.1 Å². The van der Waals surface area contributed by atoms with Crippen molar-refractivity contribution in [2.24, 2.45) is 0 Å². The lowest BCUT2D eigenvalue weighted by Crippen LogP contribution is -2.20. The van der Waals surface area contributed by atoms with Crippen molar-refractivity contribution in [1.29, 1.82) is 0 Å². The predicted octanol–water partition coefficient (Wildman–Crippen LogP) is 5.20. The Balaban J connectivity index is 1.74. The molecule has 0 aliphatic carbocycles. The van der Waals surface area contributed by atoms with E-state index in [0.29, 0.717) is 23.6 Å². The van der Waals surface area contributed by atoms with Gasteiger partial charge >= 0.3 is 5.97 Å². The third kappa shape index (κ3) is 7.83. The number of amides is 1. The molecule has 27 heavy (non-hydrogen) atoms. The van der Waals surface area contributed by atoms with Gasteiger partial charge in [0.25, 0.3) is 5.91 Å². The van der Waals surface area contributed by atoms with Gasteiger partial charge in [0.2, 0.25) is 0 Å². The molecular formula is C21H24BrNO4. The Labute approximate surface area is 168 Å². The highest BCUT2D eigenvalue weighted by Crippen LogP contribution is 2.16. The lowest BCUT2D eigenvalue weighted by molar-refractivity contribution is -0.118. The highest BCUT2D eigenvalue weighted by Gasteiger charge is 2.08. The van der Waals surface area contributed by atoms with Gasteiger partial charge in [0.05, 0.1) is 12.2 Å². The lowest BCUT2D eigenvalue weighted by atomic mass is 10.2. The number of hydrogen-bond donors (Lipinski definition) is 1. The Morgan fingerprint density at radius 1 is 0.963 bits per heavy atom. The first-order chi connectivity index (χ1) is 13.1. The number of esters is 1. The second-order valence-electron chi connectivity index (χ2n) is 6.06. The van der Waals surface area contributed by atoms with Gasteiger partial charge < -0.3 is 14.8 Å². The van der Waals surface area contributed by atoms with Crippen LogP contribution in [0.25, 0.3) is 0 Å². The fourth-order valence-corrected chi connectivity index (χ4v) is 2.61. The summed E-state index contributed by atoms with van der Waals surface area (Å²) in [6, 6.07) is 13.9. The van der Waals surface area contributed by atoms with Crippen LogP contribution in [-0.2, 0) is 9.53 Å². The number of anilines is 1. The summed E-state index contributed by atoms with van der Waals surface area (Å²) in [6.07, 6.45) is 4.25. The molecule has 1 amide bonds. The molecule has 0 bridgehead atoms. The molecule has 0 aromatic heterocycles. The Bertz CT molecular complexity index is 729. The van der Waals surface area contributed by atoms with Crippen LogP contribution >= 0.6 is 15.9 Å². The Morgan fingerprint density at radius 2 is 1.67 bits per heavy atom. The molecule has 1 N–H and O–H groups in total. The summed E-state index contributed by atoms with van der Waals surface area (Å²) in [7, 11) is 0. The Morgan fingerprint density at radius 3 is 2.33 bits per heavy atom. The molecule has 5 nitrogen and oxygen atoms in total. The lowest BCUT2D eigenvalue weighted by Gasteiger charge is -2.08. The molecule has 6 heteroatoms. The minimum absolute atomic E-state index is 0.0941. The second kappa shape index (κ2) is 11.4. The van der Waals surface area contributed by atoms with Crippen LogP contribution in [0.1, 0.15) is 43.0 Å². The van der Waals surface area contributed by atoms with E-state index in [1.165, 1.54) is 0 Å². The largest absolute Gasteiger partial charge is 0.484 e. The van der Waals surface area contributed by atoms with Gasteiger partial charge in [0.1, 0.15) is 5.75 Å². The van der Waals surface area contributed by atoms with Crippen molar-refractivity contribution in [3.05, 3.63) is 58.6 Å². The molecule has 0 spiro atoms. The van der Waals surface area contributed by atoms with E-state index in [0.717, 1.165) is 30.2 Å². The Kier molecular flexibility index (Phi) is 8.84. The SMILES string of the molecule is CCCCCCOC(=O)c1ccc(NC(=O)COc2ccc(Br)cc2)cc1. The minimum atomic E-state index is -0.344. The summed E-state index contributed by atoms with van der Waals surface area (Å²) in [5.41, 5.74) is 1.06. The zero-order chi connectivity index (χ0) is 19.5. The van der Waals surface area contributed by atoms with Crippen LogP contribution in [0.5, 0.6) is 5.75 Å². The van der Waals surface area contributed by atoms with E-state index < -0.39 is 0 Å². The summed E-state index contributed by atoms with van der Waals surface area (Å²) in [4.78, 5) is 23.9. The number of rotatable bonds is 10. The number of ether oxygens (including phenoxy) is 2. The van der Waals surface area contributed by atoms with Crippen molar-refractivity contribution >= 4 is 33.5 Å². The summed E-state index contributed by atoms with van der Waals surface area (Å²) in [6.45, 7) is 2.48. The number of carbonyl (C=O) groups excluding carboxylic acids is 2. The molecule has 2 rings (SSSR count). The monoisotopic (exact) mass is 433 g/mol. The summed E-state index contributed by atoms with van der Waals surface area (Å²) in [5.74, 6) is -0.00232. The first kappa shape index (κ1) is 21.0. The van der Waals surface area contributed by atoms with Crippen LogP contribution in [0.3, 0.4) is 0 Å². The van der Waals surface area contributed by atoms with Crippen molar-refractivity contribution in [2.75, 3.05) is 18.5 Å². The molecule has 2 aromatic carbocycles. The Hall–Kier alpha value is -2.34. The van der Waals surface area contributed by atoms with Crippen LogP contribution in [0.15, 0.2) is 53.0 Å². The van der Waals surface area contributed by atoms with Crippen LogP contribution < -0.4 is 10.1 Å². The normalized spacial score (nSPS) is 10.3. The highest BCUT2D eigenvalue weighted by atomic mass is 79.9. The third-order valence-corrected chi connectivity index (χ3v) is 4.35. The average Bonchev–Trinajstić information content (AvgIpc) is 2.68. The van der Waals surface area contributed by atoms with Crippen molar-refractivity contribution in [3.8, 4) is 5.75 Å². The zero-order valence-electron chi connectivity index (χ0n) is 15.4. The molecule has 0 aliphatic heterocycles. The number of carbonyl (C=O) groups is 2. The van der Waals surface area contributed by atoms with Gasteiger partial charge in [0.15, 0.2) is 6.61 Å². The highest BCUT2D eigenvalue weighted by molar-refractivity contribution is 9.10. The molecule has 0 fully saturated rings. The number of benzene rings is 2. The van der Waals surface area contributed by atoms with E-state index in [1.807, 2.05) is 12.1 Å². The number of hydrogen-bond acceptors (Lipinski definition) is 4. The first-order valence-electron chi connectivity index (χ1n) is 9.04. The van der Waals surface area contributed by atoms with Crippen molar-refractivity contribution in [3.63, 3.8) is 0 Å². The minimum Gasteiger partial charge on any atom is -0.484 e. The smallest absolute Gasteiger partial charge is 0.338 e. The topological polar surface area (TPSA) is 64.6 Å². The maximum Gasteiger partial charge on any atom is 0.338 e. The van der Waals surface area contributed by atoms with E-state index in [2.05, 4.69) is 28.2 Å². The number of halogens is 1. The van der Waals surface area contributed by atoms with E-state index in [1.54, 1.807) is 36.4 Å². The summed E-state index contributed by atoms with van der Waals surface area (Å²) >= 11 is 3.34. The molecular weight excluding hydrogens is 410 g/mol. The zero-order valence-corrected chi connectivity index (χ0v) is 17.0. The maximum absolute atomic E-state index is 12.0. The maximum atomic E-state index is 12.0. The van der Waals surface area contributed by atoms with Gasteiger partial charge in [-0.3, -0.25) is 4.79 Å². The first-order valence-corrected chi connectivity index (χ1v) is 9.83. The van der Waals surface area contributed by atoms with Gasteiger partial charge in [-0.05, 0) is 55.0 Å². The molecule has 0 saturated carbocycles. The number of unbranched alkanes of at least 4 members (excludes halogenated alkanes) is 3. The molecule has 0 saturated heterocycles. The van der Waals surface area contributed by atoms with Crippen LogP contribution in [0.2, 0.25) is 0 Å². The van der Waals surface area contributed by atoms with Gasteiger partial charge in [-0.15, -0.1) is 0 Å². The van der Waals surface area contributed by atoms with Crippen LogP contribution in [0, 0.1) is 0 Å². The van der Waals surface area contributed by atoms with Gasteiger partial charge in [-0.2, -0.15) is 0 Å². The van der Waals surface area contributed by atoms with Crippen LogP contribution in [-0.4, -0.2) is 25.1 Å². The molecule has 0 unspecified atom stereocenters. The molecule has 144 valence electrons. The summed E-state index contributed by atoms with van der Waals surface area (Å²) in [5, 5.41) is 2.73. The van der Waals surface area contributed by atoms with E-state index >= 15 is 0 Å². The quantitative estimate of drug-likeness (QED) is 0.412. The fourth-order valence-electron chi connectivity index (χ4n) is 2.34. The molecule has 0 aliphatic rings. The standard InChI is InChI=1S/C21H24BrNO4/c1-2-3-4-5-14-26-21(25)16-6-10-18(11-7-16)23-20(24)15-27-19-12-8-17(22)9-13-19/h6-13H,2-5,14-15H2,1H3,(H,23,24). The van der Waals surface area contributed by atoms with Crippen molar-refractivity contribution in [1.82, 2.24) is 0 Å². The number of nitrogens with one attached hydrogen (secondary N) is 1. The van der Waals surface area contributed by atoms with Crippen LogP contribution in [0.4, 0.5) is 5.69 Å². The predicted molar refractivity (Wildman–Crippen MR) is 109 cm³/mol. The van der Waals surface area contributed by atoms with Gasteiger partial charge in [0, 0.05) is 10.2 Å². The summed E-state index contributed by atoms with van der Waals surface area (Å²) < 4.78 is 11.6. The van der Waals surface area contributed by atoms with E-state index in [-0.39, 0.29) is 18.5 Å².